The maximum Gasteiger partial charge on any atom is 0.242 e. The minimum Gasteiger partial charge on any atom is -0.360 e. The molecule has 0 unspecified atom stereocenters. The summed E-state index contributed by atoms with van der Waals surface area (Å²) in [5.74, 6) is 0.684. The van der Waals surface area contributed by atoms with Crippen molar-refractivity contribution in [2.24, 2.45) is 0 Å². The minimum absolute atomic E-state index is 0.0162. The van der Waals surface area contributed by atoms with Gasteiger partial charge < -0.3 is 10.2 Å². The van der Waals surface area contributed by atoms with Crippen LogP contribution in [-0.2, 0) is 11.2 Å². The van der Waals surface area contributed by atoms with Gasteiger partial charge >= 0.3 is 0 Å². The zero-order valence-electron chi connectivity index (χ0n) is 12.7. The van der Waals surface area contributed by atoms with Gasteiger partial charge in [-0.15, -0.1) is 24.5 Å². The van der Waals surface area contributed by atoms with Crippen molar-refractivity contribution < 1.29 is 4.79 Å². The molecule has 22 heavy (non-hydrogen) atoms. The standard InChI is InChI=1S/C16H20N4OS/c1-4-7-20(8-5-2)14(21)10-17-15-13-9-12(6-3)22-16(13)19-11-18-15/h4-5,9,11H,1-2,6-8,10H2,3H3,(H,17,18,19). The molecule has 0 saturated carbocycles. The summed E-state index contributed by atoms with van der Waals surface area (Å²) in [4.78, 5) is 24.6. The van der Waals surface area contributed by atoms with Gasteiger partial charge in [-0.2, -0.15) is 0 Å². The molecule has 0 atom stereocenters. The summed E-state index contributed by atoms with van der Waals surface area (Å²) in [5.41, 5.74) is 0. The van der Waals surface area contributed by atoms with Crippen molar-refractivity contribution in [3.63, 3.8) is 0 Å². The highest BCUT2D eigenvalue weighted by Crippen LogP contribution is 2.28. The molecular weight excluding hydrogens is 296 g/mol. The molecule has 0 fully saturated rings. The monoisotopic (exact) mass is 316 g/mol. The average Bonchev–Trinajstić information content (AvgIpc) is 2.96. The largest absolute Gasteiger partial charge is 0.360 e. The summed E-state index contributed by atoms with van der Waals surface area (Å²) < 4.78 is 0. The van der Waals surface area contributed by atoms with E-state index < -0.39 is 0 Å². The Hall–Kier alpha value is -2.21. The summed E-state index contributed by atoms with van der Waals surface area (Å²) >= 11 is 1.66. The molecule has 1 N–H and O–H groups in total. The molecule has 0 aromatic carbocycles. The molecule has 2 aromatic heterocycles. The fourth-order valence-electron chi connectivity index (χ4n) is 2.08. The van der Waals surface area contributed by atoms with Gasteiger partial charge in [0.1, 0.15) is 17.0 Å². The minimum atomic E-state index is -0.0162. The first kappa shape index (κ1) is 16.2. The van der Waals surface area contributed by atoms with Crippen LogP contribution >= 0.6 is 11.3 Å². The number of thiophene rings is 1. The van der Waals surface area contributed by atoms with E-state index in [0.717, 1.165) is 16.6 Å². The van der Waals surface area contributed by atoms with Crippen molar-refractivity contribution >= 4 is 33.3 Å². The highest BCUT2D eigenvalue weighted by atomic mass is 32.1. The molecule has 0 aliphatic carbocycles. The molecule has 2 aromatic rings. The maximum absolute atomic E-state index is 12.2. The lowest BCUT2D eigenvalue weighted by molar-refractivity contribution is -0.128. The molecule has 2 rings (SSSR count). The van der Waals surface area contributed by atoms with E-state index in [4.69, 9.17) is 0 Å². The van der Waals surface area contributed by atoms with E-state index in [-0.39, 0.29) is 12.5 Å². The molecule has 0 aliphatic heterocycles. The molecule has 2 heterocycles. The van der Waals surface area contributed by atoms with Crippen LogP contribution in [0.25, 0.3) is 10.2 Å². The van der Waals surface area contributed by atoms with Crippen molar-refractivity contribution in [1.82, 2.24) is 14.9 Å². The van der Waals surface area contributed by atoms with Gasteiger partial charge in [0.15, 0.2) is 0 Å². The zero-order chi connectivity index (χ0) is 15.9. The Morgan fingerprint density at radius 3 is 2.73 bits per heavy atom. The summed E-state index contributed by atoms with van der Waals surface area (Å²) in [6, 6.07) is 2.08. The van der Waals surface area contributed by atoms with Crippen molar-refractivity contribution in [1.29, 1.82) is 0 Å². The molecule has 0 bridgehead atoms. The maximum atomic E-state index is 12.2. The van der Waals surface area contributed by atoms with Gasteiger partial charge in [-0.1, -0.05) is 19.1 Å². The fourth-order valence-corrected chi connectivity index (χ4v) is 3.02. The van der Waals surface area contributed by atoms with Crippen molar-refractivity contribution in [2.45, 2.75) is 13.3 Å². The first-order valence-corrected chi connectivity index (χ1v) is 7.98. The number of rotatable bonds is 8. The molecule has 0 radical (unpaired) electrons. The Labute approximate surface area is 134 Å². The van der Waals surface area contributed by atoms with Gasteiger partial charge in [0.05, 0.1) is 11.9 Å². The normalized spacial score (nSPS) is 10.4. The molecule has 0 spiro atoms. The number of nitrogens with one attached hydrogen (secondary N) is 1. The predicted octanol–water partition coefficient (Wildman–Crippen LogP) is 2.87. The first-order valence-electron chi connectivity index (χ1n) is 7.16. The molecule has 6 heteroatoms. The summed E-state index contributed by atoms with van der Waals surface area (Å²) in [6.07, 6.45) is 5.90. The van der Waals surface area contributed by atoms with Crippen LogP contribution in [0.5, 0.6) is 0 Å². The lowest BCUT2D eigenvalue weighted by Crippen LogP contribution is -2.35. The van der Waals surface area contributed by atoms with Crippen molar-refractivity contribution in [2.75, 3.05) is 25.0 Å². The Balaban J connectivity index is 2.10. The number of aromatic nitrogens is 2. The Bertz CT molecular complexity index is 670. The number of anilines is 1. The highest BCUT2D eigenvalue weighted by molar-refractivity contribution is 7.18. The first-order chi connectivity index (χ1) is 10.7. The number of fused-ring (bicyclic) bond motifs is 1. The number of hydrogen-bond acceptors (Lipinski definition) is 5. The zero-order valence-corrected chi connectivity index (χ0v) is 13.5. The highest BCUT2D eigenvalue weighted by Gasteiger charge is 2.12. The summed E-state index contributed by atoms with van der Waals surface area (Å²) in [5, 5.41) is 4.09. The molecule has 116 valence electrons. The van der Waals surface area contributed by atoms with Crippen LogP contribution in [0.15, 0.2) is 37.7 Å². The van der Waals surface area contributed by atoms with Crippen LogP contribution in [0.3, 0.4) is 0 Å². The van der Waals surface area contributed by atoms with E-state index in [9.17, 15) is 4.79 Å². The van der Waals surface area contributed by atoms with E-state index in [2.05, 4.69) is 41.4 Å². The number of carbonyl (C=O) groups is 1. The summed E-state index contributed by atoms with van der Waals surface area (Å²) in [7, 11) is 0. The quantitative estimate of drug-likeness (QED) is 0.761. The Morgan fingerprint density at radius 1 is 1.36 bits per heavy atom. The SMILES string of the molecule is C=CCN(CC=C)C(=O)CNc1ncnc2sc(CC)cc12. The van der Waals surface area contributed by atoms with Crippen molar-refractivity contribution in [3.8, 4) is 0 Å². The number of nitrogens with zero attached hydrogens (tertiary/aromatic N) is 3. The number of hydrogen-bond donors (Lipinski definition) is 1. The second kappa shape index (κ2) is 7.70. The van der Waals surface area contributed by atoms with Gasteiger partial charge in [0.25, 0.3) is 0 Å². The van der Waals surface area contributed by atoms with E-state index in [1.54, 1.807) is 28.4 Å². The van der Waals surface area contributed by atoms with Crippen LogP contribution in [0.1, 0.15) is 11.8 Å². The third kappa shape index (κ3) is 3.71. The Kier molecular flexibility index (Phi) is 5.66. The lowest BCUT2D eigenvalue weighted by Gasteiger charge is -2.19. The van der Waals surface area contributed by atoms with Crippen LogP contribution in [-0.4, -0.2) is 40.4 Å². The second-order valence-corrected chi connectivity index (χ2v) is 5.85. The average molecular weight is 316 g/mol. The van der Waals surface area contributed by atoms with Crippen LogP contribution in [0.2, 0.25) is 0 Å². The van der Waals surface area contributed by atoms with Crippen LogP contribution in [0.4, 0.5) is 5.82 Å². The lowest BCUT2D eigenvalue weighted by atomic mass is 10.3. The number of aryl methyl sites for hydroxylation is 1. The van der Waals surface area contributed by atoms with Gasteiger partial charge in [-0.25, -0.2) is 9.97 Å². The van der Waals surface area contributed by atoms with E-state index in [1.807, 2.05) is 0 Å². The molecule has 0 aliphatic rings. The molecular formula is C16H20N4OS. The van der Waals surface area contributed by atoms with Crippen LogP contribution in [0, 0.1) is 0 Å². The Morgan fingerprint density at radius 2 is 2.09 bits per heavy atom. The van der Waals surface area contributed by atoms with E-state index in [0.29, 0.717) is 18.9 Å². The fraction of sp³-hybridized carbons (Fsp3) is 0.312. The second-order valence-electron chi connectivity index (χ2n) is 4.74. The van der Waals surface area contributed by atoms with Gasteiger partial charge in [0, 0.05) is 18.0 Å². The van der Waals surface area contributed by atoms with Gasteiger partial charge in [-0.05, 0) is 12.5 Å². The predicted molar refractivity (Wildman–Crippen MR) is 92.3 cm³/mol. The van der Waals surface area contributed by atoms with Crippen LogP contribution < -0.4 is 5.32 Å². The van der Waals surface area contributed by atoms with E-state index in [1.165, 1.54) is 11.2 Å². The van der Waals surface area contributed by atoms with Gasteiger partial charge in [0.2, 0.25) is 5.91 Å². The number of amides is 1. The third-order valence-electron chi connectivity index (χ3n) is 3.19. The third-order valence-corrected chi connectivity index (χ3v) is 4.38. The van der Waals surface area contributed by atoms with E-state index >= 15 is 0 Å². The molecule has 5 nitrogen and oxygen atoms in total. The van der Waals surface area contributed by atoms with Gasteiger partial charge in [-0.3, -0.25) is 4.79 Å². The topological polar surface area (TPSA) is 58.1 Å². The summed E-state index contributed by atoms with van der Waals surface area (Å²) in [6.45, 7) is 10.6. The molecule has 1 amide bonds. The van der Waals surface area contributed by atoms with Crippen molar-refractivity contribution in [3.05, 3.63) is 42.6 Å². The molecule has 0 saturated heterocycles. The number of carbonyl (C=O) groups excluding carboxylic acids is 1. The smallest absolute Gasteiger partial charge is 0.242 e.